The number of rotatable bonds is 9. The Bertz CT molecular complexity index is 1200. The van der Waals surface area contributed by atoms with E-state index in [4.69, 9.17) is 21.1 Å². The third-order valence-electron chi connectivity index (χ3n) is 4.67. The average molecular weight is 476 g/mol. The maximum atomic E-state index is 12.3. The van der Waals surface area contributed by atoms with Gasteiger partial charge in [0, 0.05) is 17.3 Å². The Morgan fingerprint density at radius 2 is 1.62 bits per heavy atom. The molecule has 3 aromatic carbocycles. The molecular weight excluding hydrogens is 454 g/mol. The van der Waals surface area contributed by atoms with Gasteiger partial charge in [-0.3, -0.25) is 9.59 Å². The smallest absolute Gasteiger partial charge is 0.262 e. The molecule has 3 rings (SSSR count). The van der Waals surface area contributed by atoms with Crippen LogP contribution in [-0.4, -0.2) is 25.5 Å². The van der Waals surface area contributed by atoms with Crippen LogP contribution in [-0.2, 0) is 16.1 Å². The molecule has 0 aromatic heterocycles. The number of methoxy groups -OCH3 is 1. The molecule has 0 atom stereocenters. The number of benzene rings is 3. The van der Waals surface area contributed by atoms with E-state index in [-0.39, 0.29) is 24.6 Å². The average Bonchev–Trinajstić information content (AvgIpc) is 2.86. The van der Waals surface area contributed by atoms with Gasteiger partial charge >= 0.3 is 0 Å². The van der Waals surface area contributed by atoms with E-state index < -0.39 is 5.91 Å². The molecule has 0 unspecified atom stereocenters. The number of amides is 2. The van der Waals surface area contributed by atoms with Crippen LogP contribution in [0, 0.1) is 11.3 Å². The summed E-state index contributed by atoms with van der Waals surface area (Å²) in [5.74, 6) is 0.390. The highest BCUT2D eigenvalue weighted by Crippen LogP contribution is 2.17. The van der Waals surface area contributed by atoms with E-state index in [1.807, 2.05) is 6.07 Å². The van der Waals surface area contributed by atoms with E-state index in [1.54, 1.807) is 79.9 Å². The molecule has 172 valence electrons. The van der Waals surface area contributed by atoms with E-state index >= 15 is 0 Å². The van der Waals surface area contributed by atoms with E-state index in [0.717, 1.165) is 5.56 Å². The fraction of sp³-hybridized carbons (Fsp3) is 0.115. The minimum absolute atomic E-state index is 0.0264. The molecule has 0 spiro atoms. The van der Waals surface area contributed by atoms with Crippen molar-refractivity contribution in [2.75, 3.05) is 19.0 Å². The molecule has 0 fully saturated rings. The summed E-state index contributed by atoms with van der Waals surface area (Å²) < 4.78 is 10.6. The number of nitriles is 1. The van der Waals surface area contributed by atoms with Gasteiger partial charge in [0.2, 0.25) is 0 Å². The van der Waals surface area contributed by atoms with E-state index in [0.29, 0.717) is 27.8 Å². The summed E-state index contributed by atoms with van der Waals surface area (Å²) in [5.41, 5.74) is 2.12. The van der Waals surface area contributed by atoms with Crippen LogP contribution in [0.5, 0.6) is 11.5 Å². The predicted octanol–water partition coefficient (Wildman–Crippen LogP) is 4.59. The molecule has 0 saturated heterocycles. The molecular formula is C26H22ClN3O4. The summed E-state index contributed by atoms with van der Waals surface area (Å²) in [6, 6.07) is 22.6. The van der Waals surface area contributed by atoms with Crippen LogP contribution in [0.4, 0.5) is 5.69 Å². The number of nitrogens with one attached hydrogen (secondary N) is 2. The molecule has 0 aliphatic heterocycles. The van der Waals surface area contributed by atoms with Crippen molar-refractivity contribution in [2.45, 2.75) is 6.54 Å². The first-order valence-electron chi connectivity index (χ1n) is 10.3. The van der Waals surface area contributed by atoms with Gasteiger partial charge in [0.15, 0.2) is 6.61 Å². The molecule has 8 heteroatoms. The molecule has 3 aromatic rings. The standard InChI is InChI=1S/C26H22ClN3O4/c1-33-23-12-8-22(9-13-23)30-25(31)17-34-24-10-4-18(5-11-24)14-20(15-28)26(32)29-16-19-2-6-21(27)7-3-19/h2-14H,16-17H2,1H3,(H,29,32)(H,30,31)/b20-14+. The summed E-state index contributed by atoms with van der Waals surface area (Å²) in [5, 5.41) is 15.4. The van der Waals surface area contributed by atoms with Gasteiger partial charge in [0.05, 0.1) is 7.11 Å². The van der Waals surface area contributed by atoms with Crippen LogP contribution in [0.2, 0.25) is 5.02 Å². The summed E-state index contributed by atoms with van der Waals surface area (Å²) in [4.78, 5) is 24.4. The maximum Gasteiger partial charge on any atom is 0.262 e. The molecule has 0 radical (unpaired) electrons. The van der Waals surface area contributed by atoms with Gasteiger partial charge in [0.1, 0.15) is 23.1 Å². The highest BCUT2D eigenvalue weighted by atomic mass is 35.5. The Kier molecular flexibility index (Phi) is 8.67. The molecule has 34 heavy (non-hydrogen) atoms. The quantitative estimate of drug-likeness (QED) is 0.348. The van der Waals surface area contributed by atoms with Crippen LogP contribution in [0.1, 0.15) is 11.1 Å². The Hall–Kier alpha value is -4.28. The third-order valence-corrected chi connectivity index (χ3v) is 4.92. The van der Waals surface area contributed by atoms with Crippen LogP contribution < -0.4 is 20.1 Å². The predicted molar refractivity (Wildman–Crippen MR) is 130 cm³/mol. The normalized spacial score (nSPS) is 10.7. The lowest BCUT2D eigenvalue weighted by Gasteiger charge is -2.08. The van der Waals surface area contributed by atoms with Crippen LogP contribution in [0.15, 0.2) is 78.4 Å². The Morgan fingerprint density at radius 1 is 0.971 bits per heavy atom. The van der Waals surface area contributed by atoms with Gasteiger partial charge in [0.25, 0.3) is 11.8 Å². The molecule has 0 heterocycles. The van der Waals surface area contributed by atoms with Crippen molar-refractivity contribution in [3.63, 3.8) is 0 Å². The number of carbonyl (C=O) groups excluding carboxylic acids is 2. The SMILES string of the molecule is COc1ccc(NC(=O)COc2ccc(/C=C(\C#N)C(=O)NCc3ccc(Cl)cc3)cc2)cc1. The van der Waals surface area contributed by atoms with E-state index in [2.05, 4.69) is 10.6 Å². The second kappa shape index (κ2) is 12.1. The number of ether oxygens (including phenoxy) is 2. The molecule has 0 bridgehead atoms. The highest BCUT2D eigenvalue weighted by Gasteiger charge is 2.09. The Labute approximate surface area is 202 Å². The fourth-order valence-electron chi connectivity index (χ4n) is 2.88. The van der Waals surface area contributed by atoms with Crippen molar-refractivity contribution in [3.05, 3.63) is 94.5 Å². The Morgan fingerprint density at radius 3 is 2.24 bits per heavy atom. The number of hydrogen-bond acceptors (Lipinski definition) is 5. The molecule has 0 aliphatic rings. The van der Waals surface area contributed by atoms with Gasteiger partial charge in [-0.1, -0.05) is 35.9 Å². The van der Waals surface area contributed by atoms with Crippen molar-refractivity contribution >= 4 is 35.2 Å². The topological polar surface area (TPSA) is 100 Å². The highest BCUT2D eigenvalue weighted by molar-refractivity contribution is 6.30. The van der Waals surface area contributed by atoms with Gasteiger partial charge in [-0.25, -0.2) is 0 Å². The van der Waals surface area contributed by atoms with Crippen molar-refractivity contribution < 1.29 is 19.1 Å². The zero-order chi connectivity index (χ0) is 24.3. The summed E-state index contributed by atoms with van der Waals surface area (Å²) in [6.45, 7) is 0.109. The van der Waals surface area contributed by atoms with E-state index in [9.17, 15) is 14.9 Å². The molecule has 0 saturated carbocycles. The fourth-order valence-corrected chi connectivity index (χ4v) is 3.00. The summed E-state index contributed by atoms with van der Waals surface area (Å²) in [6.07, 6.45) is 1.48. The van der Waals surface area contributed by atoms with Crippen molar-refractivity contribution in [1.82, 2.24) is 5.32 Å². The number of carbonyl (C=O) groups is 2. The second-order valence-electron chi connectivity index (χ2n) is 7.11. The maximum absolute atomic E-state index is 12.3. The van der Waals surface area contributed by atoms with Gasteiger partial charge < -0.3 is 20.1 Å². The first kappa shape index (κ1) is 24.4. The number of nitrogens with zero attached hydrogens (tertiary/aromatic N) is 1. The van der Waals surface area contributed by atoms with Gasteiger partial charge in [-0.15, -0.1) is 0 Å². The zero-order valence-corrected chi connectivity index (χ0v) is 19.1. The molecule has 0 aliphatic carbocycles. The number of halogens is 1. The largest absolute Gasteiger partial charge is 0.497 e. The van der Waals surface area contributed by atoms with Gasteiger partial charge in [-0.05, 0) is 65.7 Å². The lowest BCUT2D eigenvalue weighted by molar-refractivity contribution is -0.118. The zero-order valence-electron chi connectivity index (χ0n) is 18.4. The Balaban J connectivity index is 1.51. The minimum atomic E-state index is -0.479. The molecule has 7 nitrogen and oxygen atoms in total. The molecule has 2 amide bonds. The second-order valence-corrected chi connectivity index (χ2v) is 7.55. The van der Waals surface area contributed by atoms with Crippen LogP contribution in [0.25, 0.3) is 6.08 Å². The van der Waals surface area contributed by atoms with Crippen LogP contribution >= 0.6 is 11.6 Å². The monoisotopic (exact) mass is 475 g/mol. The lowest BCUT2D eigenvalue weighted by atomic mass is 10.1. The van der Waals surface area contributed by atoms with Crippen molar-refractivity contribution in [3.8, 4) is 17.6 Å². The van der Waals surface area contributed by atoms with Crippen LogP contribution in [0.3, 0.4) is 0 Å². The lowest BCUT2D eigenvalue weighted by Crippen LogP contribution is -2.23. The summed E-state index contributed by atoms with van der Waals surface area (Å²) >= 11 is 5.85. The summed E-state index contributed by atoms with van der Waals surface area (Å²) in [7, 11) is 1.57. The number of anilines is 1. The van der Waals surface area contributed by atoms with Crippen molar-refractivity contribution in [2.24, 2.45) is 0 Å². The first-order valence-corrected chi connectivity index (χ1v) is 10.7. The molecule has 2 N–H and O–H groups in total. The van der Waals surface area contributed by atoms with Crippen molar-refractivity contribution in [1.29, 1.82) is 5.26 Å². The van der Waals surface area contributed by atoms with Gasteiger partial charge in [-0.2, -0.15) is 5.26 Å². The minimum Gasteiger partial charge on any atom is -0.497 e. The van der Waals surface area contributed by atoms with E-state index in [1.165, 1.54) is 6.08 Å². The number of hydrogen-bond donors (Lipinski definition) is 2. The third kappa shape index (κ3) is 7.40. The first-order chi connectivity index (χ1) is 16.5.